The van der Waals surface area contributed by atoms with E-state index in [-0.39, 0.29) is 5.69 Å². The van der Waals surface area contributed by atoms with Crippen LogP contribution in [0.4, 0.5) is 5.69 Å². The molecule has 0 radical (unpaired) electrons. The Labute approximate surface area is 113 Å². The van der Waals surface area contributed by atoms with E-state index in [4.69, 9.17) is 10.3 Å². The van der Waals surface area contributed by atoms with Gasteiger partial charge in [0.1, 0.15) is 4.90 Å². The van der Waals surface area contributed by atoms with Crippen LogP contribution in [0.2, 0.25) is 0 Å². The third-order valence-corrected chi connectivity index (χ3v) is 4.80. The van der Waals surface area contributed by atoms with E-state index in [1.54, 1.807) is 0 Å². The van der Waals surface area contributed by atoms with Gasteiger partial charge in [0.25, 0.3) is 10.1 Å². The second kappa shape index (κ2) is 5.53. The van der Waals surface area contributed by atoms with Crippen molar-refractivity contribution >= 4 is 41.8 Å². The average Bonchev–Trinajstić information content (AvgIpc) is 2.13. The van der Waals surface area contributed by atoms with Gasteiger partial charge in [-0.1, -0.05) is 28.1 Å². The summed E-state index contributed by atoms with van der Waals surface area (Å²) in [5.41, 5.74) is 5.06. The molecule has 102 valence electrons. The molecule has 1 aromatic rings. The minimum atomic E-state index is -4.50. The Balaban J connectivity index is 3.14. The van der Waals surface area contributed by atoms with Crippen LogP contribution in [-0.4, -0.2) is 32.1 Å². The van der Waals surface area contributed by atoms with Gasteiger partial charge in [0, 0.05) is 0 Å². The Morgan fingerprint density at radius 2 is 1.83 bits per heavy atom. The fraction of sp³-hybridized carbons (Fsp3) is 0.250. The second-order valence-electron chi connectivity index (χ2n) is 3.37. The highest BCUT2D eigenvalue weighted by atomic mass is 79.9. The number of alkyl halides is 1. The minimum Gasteiger partial charge on any atom is -0.318 e. The van der Waals surface area contributed by atoms with E-state index in [0.29, 0.717) is 0 Å². The van der Waals surface area contributed by atoms with Crippen LogP contribution >= 0.6 is 15.9 Å². The zero-order chi connectivity index (χ0) is 14.0. The van der Waals surface area contributed by atoms with Crippen molar-refractivity contribution in [1.82, 2.24) is 0 Å². The van der Waals surface area contributed by atoms with Crippen LogP contribution in [0.15, 0.2) is 29.2 Å². The maximum Gasteiger partial charge on any atom is 0.296 e. The molecule has 0 spiro atoms. The summed E-state index contributed by atoms with van der Waals surface area (Å²) >= 11 is 2.87. The van der Waals surface area contributed by atoms with E-state index < -0.39 is 35.7 Å². The molecule has 10 heteroatoms. The van der Waals surface area contributed by atoms with Gasteiger partial charge >= 0.3 is 0 Å². The van der Waals surface area contributed by atoms with E-state index in [2.05, 4.69) is 15.9 Å². The van der Waals surface area contributed by atoms with E-state index >= 15 is 0 Å². The molecular weight excluding hydrogens is 348 g/mol. The maximum absolute atomic E-state index is 11.6. The summed E-state index contributed by atoms with van der Waals surface area (Å²) in [5, 5.41) is 0. The van der Waals surface area contributed by atoms with Crippen molar-refractivity contribution in [2.24, 2.45) is 5.73 Å². The number of para-hydroxylation sites is 1. The first-order valence-corrected chi connectivity index (χ1v) is 8.59. The molecule has 1 rings (SSSR count). The monoisotopic (exact) mass is 358 g/mol. The number of halogens is 1. The molecule has 0 aliphatic heterocycles. The molecule has 0 bridgehead atoms. The molecule has 0 aliphatic rings. The first kappa shape index (κ1) is 15.4. The fourth-order valence-corrected chi connectivity index (χ4v) is 3.97. The Hall–Kier alpha value is -0.680. The Morgan fingerprint density at radius 1 is 1.28 bits per heavy atom. The maximum atomic E-state index is 11.6. The predicted octanol–water partition coefficient (Wildman–Crippen LogP) is 0.355. The number of nitrogens with two attached hydrogens (primary N) is 1. The van der Waals surface area contributed by atoms with Gasteiger partial charge in [-0.3, -0.25) is 9.27 Å². The van der Waals surface area contributed by atoms with E-state index in [9.17, 15) is 16.8 Å². The zero-order valence-corrected chi connectivity index (χ0v) is 12.2. The number of anilines is 1. The van der Waals surface area contributed by atoms with Crippen molar-refractivity contribution in [2.45, 2.75) is 9.85 Å². The van der Waals surface area contributed by atoms with Gasteiger partial charge in [-0.15, -0.1) is 0 Å². The van der Waals surface area contributed by atoms with Crippen LogP contribution < -0.4 is 10.5 Å². The summed E-state index contributed by atoms with van der Waals surface area (Å²) in [6.45, 7) is 0. The zero-order valence-electron chi connectivity index (χ0n) is 8.95. The van der Waals surface area contributed by atoms with Gasteiger partial charge < -0.3 is 5.73 Å². The van der Waals surface area contributed by atoms with Crippen LogP contribution in [-0.2, 0) is 20.1 Å². The first-order chi connectivity index (χ1) is 8.12. The number of nitrogens with one attached hydrogen (secondary N) is 1. The highest BCUT2D eigenvalue weighted by Crippen LogP contribution is 2.21. The molecule has 1 aromatic carbocycles. The third-order valence-electron chi connectivity index (χ3n) is 1.81. The lowest BCUT2D eigenvalue weighted by Crippen LogP contribution is -2.28. The van der Waals surface area contributed by atoms with Gasteiger partial charge in [-0.25, -0.2) is 8.42 Å². The summed E-state index contributed by atoms with van der Waals surface area (Å²) < 4.78 is 56.3. The number of rotatable bonds is 5. The SMILES string of the molecule is NC(Br)CS(=O)(=O)Nc1ccccc1S(=O)(=O)O. The van der Waals surface area contributed by atoms with Crippen LogP contribution in [0, 0.1) is 0 Å². The molecule has 1 atom stereocenters. The molecular formula is C8H11BrN2O5S2. The third kappa shape index (κ3) is 4.53. The summed E-state index contributed by atoms with van der Waals surface area (Å²) in [6.07, 6.45) is 0. The topological polar surface area (TPSA) is 127 Å². The summed E-state index contributed by atoms with van der Waals surface area (Å²) in [7, 11) is -8.32. The number of hydrogen-bond acceptors (Lipinski definition) is 5. The minimum absolute atomic E-state index is 0.229. The van der Waals surface area contributed by atoms with Crippen LogP contribution in [0.1, 0.15) is 0 Å². The number of sulfonamides is 1. The molecule has 1 unspecified atom stereocenters. The largest absolute Gasteiger partial charge is 0.318 e. The first-order valence-electron chi connectivity index (χ1n) is 4.58. The van der Waals surface area contributed by atoms with Gasteiger partial charge in [-0.05, 0) is 12.1 Å². The van der Waals surface area contributed by atoms with Crippen molar-refractivity contribution in [3.05, 3.63) is 24.3 Å². The molecule has 18 heavy (non-hydrogen) atoms. The van der Waals surface area contributed by atoms with Crippen LogP contribution in [0.25, 0.3) is 0 Å². The van der Waals surface area contributed by atoms with Crippen LogP contribution in [0.3, 0.4) is 0 Å². The van der Waals surface area contributed by atoms with Crippen molar-refractivity contribution in [3.63, 3.8) is 0 Å². The number of hydrogen-bond donors (Lipinski definition) is 3. The van der Waals surface area contributed by atoms with E-state index in [1.165, 1.54) is 18.2 Å². The quantitative estimate of drug-likeness (QED) is 0.396. The lowest BCUT2D eigenvalue weighted by molar-refractivity contribution is 0.483. The molecule has 0 aromatic heterocycles. The van der Waals surface area contributed by atoms with Crippen molar-refractivity contribution < 1.29 is 21.4 Å². The molecule has 0 amide bonds. The lowest BCUT2D eigenvalue weighted by atomic mass is 10.3. The molecule has 0 saturated heterocycles. The van der Waals surface area contributed by atoms with Gasteiger partial charge in [-0.2, -0.15) is 8.42 Å². The van der Waals surface area contributed by atoms with Crippen molar-refractivity contribution in [2.75, 3.05) is 10.5 Å². The van der Waals surface area contributed by atoms with Gasteiger partial charge in [0.15, 0.2) is 0 Å². The van der Waals surface area contributed by atoms with Gasteiger partial charge in [0.05, 0.1) is 16.4 Å². The summed E-state index contributed by atoms with van der Waals surface area (Å²) in [5.74, 6) is -0.438. The Bertz CT molecular complexity index is 627. The van der Waals surface area contributed by atoms with Crippen molar-refractivity contribution in [1.29, 1.82) is 0 Å². The predicted molar refractivity (Wildman–Crippen MR) is 70.6 cm³/mol. The van der Waals surface area contributed by atoms with E-state index in [1.807, 2.05) is 4.72 Å². The summed E-state index contributed by atoms with van der Waals surface area (Å²) in [4.78, 5) is -1.30. The Morgan fingerprint density at radius 3 is 2.33 bits per heavy atom. The van der Waals surface area contributed by atoms with Crippen LogP contribution in [0.5, 0.6) is 0 Å². The molecule has 4 N–H and O–H groups in total. The van der Waals surface area contributed by atoms with E-state index in [0.717, 1.165) is 6.07 Å². The number of benzene rings is 1. The van der Waals surface area contributed by atoms with Crippen molar-refractivity contribution in [3.8, 4) is 0 Å². The average molecular weight is 359 g/mol. The second-order valence-corrected chi connectivity index (χ2v) is 7.70. The highest BCUT2D eigenvalue weighted by Gasteiger charge is 2.20. The molecule has 0 aliphatic carbocycles. The fourth-order valence-electron chi connectivity index (χ4n) is 1.19. The smallest absolute Gasteiger partial charge is 0.296 e. The molecule has 7 nitrogen and oxygen atoms in total. The normalized spacial score (nSPS) is 14.2. The Kier molecular flexibility index (Phi) is 4.72. The molecule has 0 saturated carbocycles. The molecule has 0 fully saturated rings. The molecule has 0 heterocycles. The highest BCUT2D eigenvalue weighted by molar-refractivity contribution is 9.09. The lowest BCUT2D eigenvalue weighted by Gasteiger charge is -2.11. The summed E-state index contributed by atoms with van der Waals surface area (Å²) in [6, 6.07) is 5.10. The van der Waals surface area contributed by atoms with Gasteiger partial charge in [0.2, 0.25) is 10.0 Å². The standard InChI is InChI=1S/C8H11BrN2O5S2/c9-8(10)5-17(12,13)11-6-3-1-2-4-7(6)18(14,15)16/h1-4,8,11H,5,10H2,(H,14,15,16).